The van der Waals surface area contributed by atoms with Gasteiger partial charge in [0, 0.05) is 10.0 Å². The van der Waals surface area contributed by atoms with Crippen LogP contribution < -0.4 is 0 Å². The first-order chi connectivity index (χ1) is 6.34. The van der Waals surface area contributed by atoms with E-state index in [-0.39, 0.29) is 6.61 Å². The molecule has 66 valence electrons. The Kier molecular flexibility index (Phi) is 4.00. The van der Waals surface area contributed by atoms with Crippen molar-refractivity contribution in [3.05, 3.63) is 34.3 Å². The number of oxime groups is 1. The quantitative estimate of drug-likeness (QED) is 0.461. The molecule has 0 heterocycles. The van der Waals surface area contributed by atoms with Crippen LogP contribution in [0.5, 0.6) is 0 Å². The monoisotopic (exact) mass is 238 g/mol. The van der Waals surface area contributed by atoms with Crippen molar-refractivity contribution in [2.45, 2.75) is 0 Å². The molecule has 1 aromatic rings. The summed E-state index contributed by atoms with van der Waals surface area (Å²) in [6.07, 6.45) is 1.56. The van der Waals surface area contributed by atoms with Gasteiger partial charge in [0.05, 0.1) is 6.21 Å². The molecule has 0 amide bonds. The Labute approximate surface area is 84.7 Å². The fourth-order valence-corrected chi connectivity index (χ4v) is 1.13. The van der Waals surface area contributed by atoms with Crippen LogP contribution in [0.4, 0.5) is 0 Å². The van der Waals surface area contributed by atoms with E-state index in [4.69, 9.17) is 5.26 Å². The molecule has 1 aromatic carbocycles. The molecule has 0 spiro atoms. The molecule has 0 radical (unpaired) electrons. The van der Waals surface area contributed by atoms with Gasteiger partial charge in [0.2, 0.25) is 6.61 Å². The third-order valence-corrected chi connectivity index (χ3v) is 2.02. The second-order valence-electron chi connectivity index (χ2n) is 2.19. The summed E-state index contributed by atoms with van der Waals surface area (Å²) < 4.78 is 0.944. The molecular formula is C9H7BrN2O. The van der Waals surface area contributed by atoms with E-state index < -0.39 is 0 Å². The minimum absolute atomic E-state index is 0.0268. The van der Waals surface area contributed by atoms with Gasteiger partial charge < -0.3 is 4.84 Å². The van der Waals surface area contributed by atoms with Crippen molar-refractivity contribution in [3.8, 4) is 6.07 Å². The maximum Gasteiger partial charge on any atom is 0.202 e. The van der Waals surface area contributed by atoms with E-state index in [9.17, 15) is 0 Å². The molecule has 3 nitrogen and oxygen atoms in total. The lowest BCUT2D eigenvalue weighted by Gasteiger charge is -1.95. The maximum absolute atomic E-state index is 8.16. The van der Waals surface area contributed by atoms with E-state index in [1.807, 2.05) is 30.3 Å². The summed E-state index contributed by atoms with van der Waals surface area (Å²) in [6, 6.07) is 9.43. The van der Waals surface area contributed by atoms with E-state index >= 15 is 0 Å². The second kappa shape index (κ2) is 5.33. The molecular weight excluding hydrogens is 232 g/mol. The van der Waals surface area contributed by atoms with Gasteiger partial charge in [-0.25, -0.2) is 0 Å². The minimum Gasteiger partial charge on any atom is -0.380 e. The Morgan fingerprint density at radius 3 is 3.00 bits per heavy atom. The summed E-state index contributed by atoms with van der Waals surface area (Å²) in [4.78, 5) is 4.63. The highest BCUT2D eigenvalue weighted by atomic mass is 79.9. The third-order valence-electron chi connectivity index (χ3n) is 1.30. The fraction of sp³-hybridized carbons (Fsp3) is 0.111. The van der Waals surface area contributed by atoms with Crippen LogP contribution in [-0.4, -0.2) is 12.8 Å². The molecule has 0 bridgehead atoms. The Morgan fingerprint density at radius 1 is 1.54 bits per heavy atom. The summed E-state index contributed by atoms with van der Waals surface area (Å²) in [6.45, 7) is -0.0268. The lowest BCUT2D eigenvalue weighted by Crippen LogP contribution is -1.86. The van der Waals surface area contributed by atoms with Gasteiger partial charge in [-0.3, -0.25) is 0 Å². The second-order valence-corrected chi connectivity index (χ2v) is 3.04. The molecule has 0 atom stereocenters. The van der Waals surface area contributed by atoms with Gasteiger partial charge in [-0.15, -0.1) is 0 Å². The van der Waals surface area contributed by atoms with Crippen LogP contribution in [0.3, 0.4) is 0 Å². The highest BCUT2D eigenvalue weighted by molar-refractivity contribution is 9.10. The van der Waals surface area contributed by atoms with Gasteiger partial charge in [-0.1, -0.05) is 39.3 Å². The summed E-state index contributed by atoms with van der Waals surface area (Å²) in [7, 11) is 0. The first-order valence-electron chi connectivity index (χ1n) is 3.61. The molecule has 13 heavy (non-hydrogen) atoms. The van der Waals surface area contributed by atoms with Gasteiger partial charge in [-0.05, 0) is 6.07 Å². The normalized spacial score (nSPS) is 9.85. The summed E-state index contributed by atoms with van der Waals surface area (Å²) in [5.41, 5.74) is 0.917. The molecule has 0 fully saturated rings. The maximum atomic E-state index is 8.16. The highest BCUT2D eigenvalue weighted by Crippen LogP contribution is 2.13. The molecule has 1 rings (SSSR count). The van der Waals surface area contributed by atoms with Crippen LogP contribution in [0.25, 0.3) is 0 Å². The zero-order chi connectivity index (χ0) is 9.52. The van der Waals surface area contributed by atoms with Gasteiger partial charge in [0.15, 0.2) is 0 Å². The molecule has 0 unspecified atom stereocenters. The molecule has 0 saturated carbocycles. The summed E-state index contributed by atoms with van der Waals surface area (Å²) in [5, 5.41) is 11.8. The topological polar surface area (TPSA) is 45.4 Å². The van der Waals surface area contributed by atoms with E-state index in [0.29, 0.717) is 0 Å². The fourth-order valence-electron chi connectivity index (χ4n) is 0.740. The third kappa shape index (κ3) is 3.26. The Hall–Kier alpha value is -1.34. The van der Waals surface area contributed by atoms with Crippen LogP contribution >= 0.6 is 15.9 Å². The predicted octanol–water partition coefficient (Wildman–Crippen LogP) is 2.32. The number of hydrogen-bond donors (Lipinski definition) is 0. The van der Waals surface area contributed by atoms with Crippen molar-refractivity contribution in [1.29, 1.82) is 5.26 Å². The van der Waals surface area contributed by atoms with Gasteiger partial charge in [0.25, 0.3) is 0 Å². The molecule has 4 heteroatoms. The number of rotatable bonds is 3. The van der Waals surface area contributed by atoms with Crippen molar-refractivity contribution < 1.29 is 4.84 Å². The number of nitrogens with zero attached hydrogens (tertiary/aromatic N) is 2. The SMILES string of the molecule is N#CCO/N=C/c1ccccc1Br. The van der Waals surface area contributed by atoms with E-state index in [1.165, 1.54) is 0 Å². The number of halogens is 1. The van der Waals surface area contributed by atoms with Crippen LogP contribution in [0.15, 0.2) is 33.9 Å². The van der Waals surface area contributed by atoms with Crippen LogP contribution in [0.1, 0.15) is 5.56 Å². The van der Waals surface area contributed by atoms with Crippen molar-refractivity contribution in [3.63, 3.8) is 0 Å². The minimum atomic E-state index is -0.0268. The number of hydrogen-bond acceptors (Lipinski definition) is 3. The Bertz CT molecular complexity index is 344. The first kappa shape index (κ1) is 9.75. The van der Waals surface area contributed by atoms with Crippen LogP contribution in [0.2, 0.25) is 0 Å². The smallest absolute Gasteiger partial charge is 0.202 e. The van der Waals surface area contributed by atoms with Gasteiger partial charge in [0.1, 0.15) is 6.07 Å². The van der Waals surface area contributed by atoms with Crippen molar-refractivity contribution in [1.82, 2.24) is 0 Å². The number of nitriles is 1. The molecule has 0 saturated heterocycles. The first-order valence-corrected chi connectivity index (χ1v) is 4.40. The van der Waals surface area contributed by atoms with E-state index in [2.05, 4.69) is 25.9 Å². The summed E-state index contributed by atoms with van der Waals surface area (Å²) >= 11 is 3.35. The molecule has 0 N–H and O–H groups in total. The Balaban J connectivity index is 2.59. The molecule has 0 aliphatic carbocycles. The zero-order valence-electron chi connectivity index (χ0n) is 6.77. The summed E-state index contributed by atoms with van der Waals surface area (Å²) in [5.74, 6) is 0. The highest BCUT2D eigenvalue weighted by Gasteiger charge is 1.92. The van der Waals surface area contributed by atoms with E-state index in [1.54, 1.807) is 6.21 Å². The molecule has 0 aromatic heterocycles. The standard InChI is InChI=1S/C9H7BrN2O/c10-9-4-2-1-3-8(9)7-12-13-6-5-11/h1-4,7H,6H2/b12-7+. The number of benzene rings is 1. The van der Waals surface area contributed by atoms with Gasteiger partial charge >= 0.3 is 0 Å². The molecule has 0 aliphatic heterocycles. The zero-order valence-corrected chi connectivity index (χ0v) is 8.36. The van der Waals surface area contributed by atoms with Crippen LogP contribution in [0, 0.1) is 11.3 Å². The average molecular weight is 239 g/mol. The average Bonchev–Trinajstić information content (AvgIpc) is 2.15. The van der Waals surface area contributed by atoms with Crippen molar-refractivity contribution in [2.24, 2.45) is 5.16 Å². The van der Waals surface area contributed by atoms with Crippen molar-refractivity contribution >= 4 is 22.1 Å². The van der Waals surface area contributed by atoms with E-state index in [0.717, 1.165) is 10.0 Å². The lowest BCUT2D eigenvalue weighted by molar-refractivity contribution is 0.180. The largest absolute Gasteiger partial charge is 0.380 e. The Morgan fingerprint density at radius 2 is 2.31 bits per heavy atom. The van der Waals surface area contributed by atoms with Crippen molar-refractivity contribution in [2.75, 3.05) is 6.61 Å². The molecule has 0 aliphatic rings. The van der Waals surface area contributed by atoms with Crippen LogP contribution in [-0.2, 0) is 4.84 Å². The lowest BCUT2D eigenvalue weighted by atomic mass is 10.2. The van der Waals surface area contributed by atoms with Gasteiger partial charge in [-0.2, -0.15) is 5.26 Å². The predicted molar refractivity (Wildman–Crippen MR) is 53.3 cm³/mol.